The standard InChI is InChI=1S/C13H14N2O3S/c1-15-10(7-9(14-15)13(16)17)8-5-4-6-11(18-2)12(8)19-3/h4-7H,1-3H3,(H,16,17). The number of methoxy groups -OCH3 is 1. The summed E-state index contributed by atoms with van der Waals surface area (Å²) >= 11 is 1.55. The molecule has 0 unspecified atom stereocenters. The molecule has 2 aromatic rings. The predicted octanol–water partition coefficient (Wildman–Crippen LogP) is 2.52. The summed E-state index contributed by atoms with van der Waals surface area (Å²) in [4.78, 5) is 11.9. The van der Waals surface area contributed by atoms with E-state index in [1.165, 1.54) is 0 Å². The predicted molar refractivity (Wildman–Crippen MR) is 73.9 cm³/mol. The Bertz CT molecular complexity index is 622. The molecule has 19 heavy (non-hydrogen) atoms. The Hall–Kier alpha value is -1.95. The van der Waals surface area contributed by atoms with E-state index in [2.05, 4.69) is 5.10 Å². The Kier molecular flexibility index (Phi) is 3.80. The van der Waals surface area contributed by atoms with Gasteiger partial charge in [-0.15, -0.1) is 11.8 Å². The van der Waals surface area contributed by atoms with Gasteiger partial charge in [-0.1, -0.05) is 12.1 Å². The molecular formula is C13H14N2O3S. The van der Waals surface area contributed by atoms with Gasteiger partial charge in [-0.2, -0.15) is 5.10 Å². The fraction of sp³-hybridized carbons (Fsp3) is 0.231. The minimum atomic E-state index is -1.03. The molecule has 6 heteroatoms. The first-order chi connectivity index (χ1) is 9.08. The Balaban J connectivity index is 2.61. The molecule has 1 heterocycles. The summed E-state index contributed by atoms with van der Waals surface area (Å²) in [5.74, 6) is -0.265. The number of carboxylic acid groups (broad SMARTS) is 1. The average Bonchev–Trinajstić information content (AvgIpc) is 2.79. The summed E-state index contributed by atoms with van der Waals surface area (Å²) in [5, 5.41) is 13.0. The van der Waals surface area contributed by atoms with Gasteiger partial charge in [-0.05, 0) is 18.4 Å². The van der Waals surface area contributed by atoms with E-state index in [4.69, 9.17) is 9.84 Å². The lowest BCUT2D eigenvalue weighted by Crippen LogP contribution is -1.99. The summed E-state index contributed by atoms with van der Waals surface area (Å²) in [7, 11) is 3.34. The number of ether oxygens (including phenoxy) is 1. The molecule has 100 valence electrons. The van der Waals surface area contributed by atoms with E-state index in [9.17, 15) is 4.79 Å². The van der Waals surface area contributed by atoms with Gasteiger partial charge < -0.3 is 9.84 Å². The van der Waals surface area contributed by atoms with Gasteiger partial charge in [0, 0.05) is 12.6 Å². The quantitative estimate of drug-likeness (QED) is 0.871. The molecule has 0 atom stereocenters. The first-order valence-corrected chi connectivity index (χ1v) is 6.79. The third-order valence-electron chi connectivity index (χ3n) is 2.78. The van der Waals surface area contributed by atoms with Crippen LogP contribution in [0.25, 0.3) is 11.3 Å². The zero-order valence-corrected chi connectivity index (χ0v) is 11.7. The monoisotopic (exact) mass is 278 g/mol. The molecular weight excluding hydrogens is 264 g/mol. The second-order valence-corrected chi connectivity index (χ2v) is 4.70. The number of carbonyl (C=O) groups is 1. The first-order valence-electron chi connectivity index (χ1n) is 5.57. The van der Waals surface area contributed by atoms with E-state index in [1.807, 2.05) is 24.5 Å². The van der Waals surface area contributed by atoms with E-state index in [-0.39, 0.29) is 5.69 Å². The topological polar surface area (TPSA) is 64.3 Å². The molecule has 0 saturated carbocycles. The van der Waals surface area contributed by atoms with Crippen molar-refractivity contribution in [2.75, 3.05) is 13.4 Å². The van der Waals surface area contributed by atoms with Gasteiger partial charge in [0.25, 0.3) is 0 Å². The van der Waals surface area contributed by atoms with Crippen molar-refractivity contribution in [3.05, 3.63) is 30.0 Å². The van der Waals surface area contributed by atoms with E-state index in [1.54, 1.807) is 36.7 Å². The molecule has 0 aliphatic rings. The molecule has 2 rings (SSSR count). The number of rotatable bonds is 4. The molecule has 1 N–H and O–H groups in total. The van der Waals surface area contributed by atoms with Crippen LogP contribution in [0.3, 0.4) is 0 Å². The third kappa shape index (κ3) is 2.44. The highest BCUT2D eigenvalue weighted by atomic mass is 32.2. The SMILES string of the molecule is COc1cccc(-c2cc(C(=O)O)nn2C)c1SC. The number of nitrogens with zero attached hydrogens (tertiary/aromatic N) is 2. The van der Waals surface area contributed by atoms with E-state index < -0.39 is 5.97 Å². The second-order valence-electron chi connectivity index (χ2n) is 3.88. The Morgan fingerprint density at radius 2 is 2.21 bits per heavy atom. The summed E-state index contributed by atoms with van der Waals surface area (Å²) < 4.78 is 6.89. The van der Waals surface area contributed by atoms with Crippen LogP contribution in [0.5, 0.6) is 5.75 Å². The normalized spacial score (nSPS) is 10.5. The second kappa shape index (κ2) is 5.36. The van der Waals surface area contributed by atoms with Crippen molar-refractivity contribution in [2.45, 2.75) is 4.90 Å². The highest BCUT2D eigenvalue weighted by Gasteiger charge is 2.16. The molecule has 1 aromatic heterocycles. The molecule has 1 aromatic carbocycles. The van der Waals surface area contributed by atoms with Crippen molar-refractivity contribution in [1.29, 1.82) is 0 Å². The molecule has 0 saturated heterocycles. The Morgan fingerprint density at radius 1 is 1.47 bits per heavy atom. The lowest BCUT2D eigenvalue weighted by molar-refractivity contribution is 0.0689. The first kappa shape index (κ1) is 13.5. The van der Waals surface area contributed by atoms with Crippen molar-refractivity contribution in [2.24, 2.45) is 7.05 Å². The van der Waals surface area contributed by atoms with Crippen molar-refractivity contribution >= 4 is 17.7 Å². The highest BCUT2D eigenvalue weighted by Crippen LogP contribution is 2.37. The summed E-state index contributed by atoms with van der Waals surface area (Å²) in [6.07, 6.45) is 1.95. The summed E-state index contributed by atoms with van der Waals surface area (Å²) in [5.41, 5.74) is 1.70. The van der Waals surface area contributed by atoms with Crippen molar-refractivity contribution in [3.8, 4) is 17.0 Å². The summed E-state index contributed by atoms with van der Waals surface area (Å²) in [6.45, 7) is 0. The lowest BCUT2D eigenvalue weighted by Gasteiger charge is -2.11. The van der Waals surface area contributed by atoms with Crippen LogP contribution >= 0.6 is 11.8 Å². The maximum Gasteiger partial charge on any atom is 0.356 e. The minimum Gasteiger partial charge on any atom is -0.496 e. The van der Waals surface area contributed by atoms with E-state index in [0.29, 0.717) is 0 Å². The molecule has 0 aliphatic carbocycles. The smallest absolute Gasteiger partial charge is 0.356 e. The van der Waals surface area contributed by atoms with E-state index in [0.717, 1.165) is 21.9 Å². The third-order valence-corrected chi connectivity index (χ3v) is 3.61. The maximum absolute atomic E-state index is 11.0. The fourth-order valence-corrected chi connectivity index (χ4v) is 2.66. The largest absolute Gasteiger partial charge is 0.496 e. The maximum atomic E-state index is 11.0. The number of aryl methyl sites for hydroxylation is 1. The molecule has 0 radical (unpaired) electrons. The summed E-state index contributed by atoms with van der Waals surface area (Å²) in [6, 6.07) is 7.25. The van der Waals surface area contributed by atoms with Crippen molar-refractivity contribution < 1.29 is 14.6 Å². The van der Waals surface area contributed by atoms with Gasteiger partial charge >= 0.3 is 5.97 Å². The molecule has 0 fully saturated rings. The van der Waals surface area contributed by atoms with Gasteiger partial charge in [0.1, 0.15) is 5.75 Å². The molecule has 0 bridgehead atoms. The zero-order valence-electron chi connectivity index (χ0n) is 10.9. The van der Waals surface area contributed by atoms with Gasteiger partial charge in [0.15, 0.2) is 5.69 Å². The molecule has 0 amide bonds. The number of aromatic carboxylic acids is 1. The lowest BCUT2D eigenvalue weighted by atomic mass is 10.1. The van der Waals surface area contributed by atoms with E-state index >= 15 is 0 Å². The van der Waals surface area contributed by atoms with Crippen LogP contribution in [0, 0.1) is 0 Å². The minimum absolute atomic E-state index is 0.0346. The van der Waals surface area contributed by atoms with Crippen LogP contribution in [0.15, 0.2) is 29.2 Å². The fourth-order valence-electron chi connectivity index (χ4n) is 1.91. The molecule has 0 spiro atoms. The number of hydrogen-bond donors (Lipinski definition) is 1. The van der Waals surface area contributed by atoms with Crippen LogP contribution in [0.4, 0.5) is 0 Å². The van der Waals surface area contributed by atoms with Crippen LogP contribution in [0.2, 0.25) is 0 Å². The van der Waals surface area contributed by atoms with Crippen molar-refractivity contribution in [3.63, 3.8) is 0 Å². The number of thioether (sulfide) groups is 1. The van der Waals surface area contributed by atoms with Gasteiger partial charge in [0.05, 0.1) is 17.7 Å². The number of aromatic nitrogens is 2. The molecule has 0 aliphatic heterocycles. The number of hydrogen-bond acceptors (Lipinski definition) is 4. The average molecular weight is 278 g/mol. The van der Waals surface area contributed by atoms with Gasteiger partial charge in [0.2, 0.25) is 0 Å². The number of benzene rings is 1. The molecule has 5 nitrogen and oxygen atoms in total. The van der Waals surface area contributed by atoms with Crippen LogP contribution in [0.1, 0.15) is 10.5 Å². The van der Waals surface area contributed by atoms with Crippen molar-refractivity contribution in [1.82, 2.24) is 9.78 Å². The van der Waals surface area contributed by atoms with Crippen LogP contribution < -0.4 is 4.74 Å². The highest BCUT2D eigenvalue weighted by molar-refractivity contribution is 7.98. The Morgan fingerprint density at radius 3 is 2.74 bits per heavy atom. The van der Waals surface area contributed by atoms with Gasteiger partial charge in [-0.3, -0.25) is 4.68 Å². The number of carboxylic acids is 1. The van der Waals surface area contributed by atoms with Crippen LogP contribution in [-0.4, -0.2) is 34.2 Å². The Labute approximate surface area is 115 Å². The van der Waals surface area contributed by atoms with Gasteiger partial charge in [-0.25, -0.2) is 4.79 Å². The van der Waals surface area contributed by atoms with Crippen LogP contribution in [-0.2, 0) is 7.05 Å². The zero-order chi connectivity index (χ0) is 14.0.